The number of rotatable bonds is 4. The number of para-hydroxylation sites is 1. The van der Waals surface area contributed by atoms with Gasteiger partial charge >= 0.3 is 0 Å². The molecule has 0 spiro atoms. The fourth-order valence-corrected chi connectivity index (χ4v) is 2.57. The van der Waals surface area contributed by atoms with Crippen molar-refractivity contribution in [3.05, 3.63) is 29.3 Å². The van der Waals surface area contributed by atoms with E-state index in [1.54, 1.807) is 19.0 Å². The first kappa shape index (κ1) is 19.5. The van der Waals surface area contributed by atoms with Gasteiger partial charge in [-0.1, -0.05) is 59.7 Å². The van der Waals surface area contributed by atoms with Gasteiger partial charge in [-0.25, -0.2) is 0 Å². The number of carbonyl (C=O) groups is 1. The molecule has 2 N–H and O–H groups in total. The van der Waals surface area contributed by atoms with Crippen LogP contribution in [-0.4, -0.2) is 36.1 Å². The van der Waals surface area contributed by atoms with Crippen LogP contribution < -0.4 is 5.32 Å². The summed E-state index contributed by atoms with van der Waals surface area (Å²) in [7, 11) is 3.53. The van der Waals surface area contributed by atoms with E-state index in [0.29, 0.717) is 12.3 Å². The van der Waals surface area contributed by atoms with Crippen LogP contribution in [0, 0.1) is 5.41 Å². The van der Waals surface area contributed by atoms with Crippen molar-refractivity contribution in [1.29, 1.82) is 0 Å². The summed E-state index contributed by atoms with van der Waals surface area (Å²) >= 11 is 0. The molecule has 1 unspecified atom stereocenters. The van der Waals surface area contributed by atoms with Crippen molar-refractivity contribution < 1.29 is 9.90 Å². The standard InChI is InChI=1S/C19H32N2O2/c1-18(2,3)14-11-9-10-13(15(14)22)12-20-16(19(4,5)6)17(23)21(7)8/h9-11,16,20,22H,12H2,1-8H3. The number of hydrogen-bond donors (Lipinski definition) is 2. The lowest BCUT2D eigenvalue weighted by molar-refractivity contribution is -0.133. The highest BCUT2D eigenvalue weighted by molar-refractivity contribution is 5.82. The number of amides is 1. The van der Waals surface area contributed by atoms with E-state index in [-0.39, 0.29) is 22.8 Å². The second kappa shape index (κ2) is 6.91. The molecule has 0 heterocycles. The molecular weight excluding hydrogens is 288 g/mol. The molecule has 4 heteroatoms. The van der Waals surface area contributed by atoms with Crippen LogP contribution in [-0.2, 0) is 16.8 Å². The second-order valence-corrected chi connectivity index (χ2v) is 8.48. The molecular formula is C19H32N2O2. The van der Waals surface area contributed by atoms with Crippen molar-refractivity contribution >= 4 is 5.91 Å². The molecule has 1 rings (SSSR count). The Kier molecular flexibility index (Phi) is 5.86. The average Bonchev–Trinajstić information content (AvgIpc) is 2.37. The molecule has 1 amide bonds. The summed E-state index contributed by atoms with van der Waals surface area (Å²) < 4.78 is 0. The Balaban J connectivity index is 3.02. The van der Waals surface area contributed by atoms with Crippen molar-refractivity contribution in [3.63, 3.8) is 0 Å². The Labute approximate surface area is 140 Å². The molecule has 0 fully saturated rings. The van der Waals surface area contributed by atoms with Gasteiger partial charge in [0.15, 0.2) is 0 Å². The number of nitrogens with one attached hydrogen (secondary N) is 1. The number of benzene rings is 1. The molecule has 4 nitrogen and oxygen atoms in total. The highest BCUT2D eigenvalue weighted by Crippen LogP contribution is 2.33. The van der Waals surface area contributed by atoms with Crippen molar-refractivity contribution in [2.75, 3.05) is 14.1 Å². The van der Waals surface area contributed by atoms with E-state index in [2.05, 4.69) is 26.1 Å². The molecule has 0 bridgehead atoms. The van der Waals surface area contributed by atoms with Crippen LogP contribution in [0.4, 0.5) is 0 Å². The number of hydrogen-bond acceptors (Lipinski definition) is 3. The van der Waals surface area contributed by atoms with Gasteiger partial charge in [-0.2, -0.15) is 0 Å². The summed E-state index contributed by atoms with van der Waals surface area (Å²) in [6.07, 6.45) is 0. The first-order valence-corrected chi connectivity index (χ1v) is 8.11. The Bertz CT molecular complexity index is 551. The van der Waals surface area contributed by atoms with E-state index in [1.807, 2.05) is 39.0 Å². The SMILES string of the molecule is CN(C)C(=O)C(NCc1cccc(C(C)(C)C)c1O)C(C)(C)C. The fraction of sp³-hybridized carbons (Fsp3) is 0.632. The van der Waals surface area contributed by atoms with E-state index in [9.17, 15) is 9.90 Å². The van der Waals surface area contributed by atoms with Gasteiger partial charge in [0.2, 0.25) is 5.91 Å². The molecule has 0 aliphatic heterocycles. The molecule has 130 valence electrons. The predicted octanol–water partition coefficient (Wildman–Crippen LogP) is 3.28. The van der Waals surface area contributed by atoms with Crippen molar-refractivity contribution in [2.24, 2.45) is 5.41 Å². The summed E-state index contributed by atoms with van der Waals surface area (Å²) in [6.45, 7) is 12.8. The van der Waals surface area contributed by atoms with Gasteiger partial charge in [0, 0.05) is 26.2 Å². The number of nitrogens with zero attached hydrogens (tertiary/aromatic N) is 1. The first-order chi connectivity index (χ1) is 10.4. The van der Waals surface area contributed by atoms with Crippen molar-refractivity contribution in [2.45, 2.75) is 59.5 Å². The Morgan fingerprint density at radius 3 is 2.17 bits per heavy atom. The molecule has 0 saturated carbocycles. The monoisotopic (exact) mass is 320 g/mol. The molecule has 23 heavy (non-hydrogen) atoms. The minimum atomic E-state index is -0.310. The van der Waals surface area contributed by atoms with Crippen LogP contribution in [0.5, 0.6) is 5.75 Å². The molecule has 0 aliphatic carbocycles. The minimum Gasteiger partial charge on any atom is -0.507 e. The van der Waals surface area contributed by atoms with E-state index < -0.39 is 0 Å². The van der Waals surface area contributed by atoms with E-state index in [4.69, 9.17) is 0 Å². The number of aromatic hydroxyl groups is 1. The van der Waals surface area contributed by atoms with Gasteiger partial charge in [0.25, 0.3) is 0 Å². The largest absolute Gasteiger partial charge is 0.507 e. The van der Waals surface area contributed by atoms with Crippen molar-refractivity contribution in [1.82, 2.24) is 10.2 Å². The highest BCUT2D eigenvalue weighted by Gasteiger charge is 2.32. The third kappa shape index (κ3) is 4.96. The Morgan fingerprint density at radius 1 is 1.17 bits per heavy atom. The maximum atomic E-state index is 12.4. The Morgan fingerprint density at radius 2 is 1.74 bits per heavy atom. The summed E-state index contributed by atoms with van der Waals surface area (Å²) in [6, 6.07) is 5.50. The number of likely N-dealkylation sites (N-methyl/N-ethyl adjacent to an activating group) is 1. The fourth-order valence-electron chi connectivity index (χ4n) is 2.57. The van der Waals surface area contributed by atoms with Crippen LogP contribution in [0.2, 0.25) is 0 Å². The lowest BCUT2D eigenvalue weighted by Gasteiger charge is -2.32. The third-order valence-electron chi connectivity index (χ3n) is 3.98. The molecule has 1 aromatic rings. The normalized spacial score (nSPS) is 13.7. The lowest BCUT2D eigenvalue weighted by Crippen LogP contribution is -2.50. The van der Waals surface area contributed by atoms with Gasteiger partial charge in [-0.15, -0.1) is 0 Å². The molecule has 1 aromatic carbocycles. The average molecular weight is 320 g/mol. The maximum absolute atomic E-state index is 12.4. The molecule has 0 aromatic heterocycles. The third-order valence-corrected chi connectivity index (χ3v) is 3.98. The number of phenolic OH excluding ortho intramolecular Hbond substituents is 1. The van der Waals surface area contributed by atoms with Crippen LogP contribution in [0.25, 0.3) is 0 Å². The molecule has 1 atom stereocenters. The Hall–Kier alpha value is -1.55. The smallest absolute Gasteiger partial charge is 0.239 e. The van der Waals surface area contributed by atoms with Gasteiger partial charge in [-0.05, 0) is 16.4 Å². The first-order valence-electron chi connectivity index (χ1n) is 8.11. The topological polar surface area (TPSA) is 52.6 Å². The van der Waals surface area contributed by atoms with Gasteiger partial charge in [0.1, 0.15) is 5.75 Å². The van der Waals surface area contributed by atoms with Crippen LogP contribution in [0.1, 0.15) is 52.7 Å². The van der Waals surface area contributed by atoms with Gasteiger partial charge in [-0.3, -0.25) is 4.79 Å². The molecule has 0 saturated heterocycles. The molecule has 0 aliphatic rings. The van der Waals surface area contributed by atoms with Gasteiger partial charge < -0.3 is 15.3 Å². The second-order valence-electron chi connectivity index (χ2n) is 8.48. The summed E-state index contributed by atoms with van der Waals surface area (Å²) in [5.74, 6) is 0.362. The minimum absolute atomic E-state index is 0.0453. The predicted molar refractivity (Wildman–Crippen MR) is 95.6 cm³/mol. The van der Waals surface area contributed by atoms with E-state index in [1.165, 1.54) is 0 Å². The van der Waals surface area contributed by atoms with Crippen LogP contribution >= 0.6 is 0 Å². The van der Waals surface area contributed by atoms with E-state index in [0.717, 1.165) is 11.1 Å². The maximum Gasteiger partial charge on any atom is 0.239 e. The highest BCUT2D eigenvalue weighted by atomic mass is 16.3. The summed E-state index contributed by atoms with van der Waals surface area (Å²) in [4.78, 5) is 14.0. The van der Waals surface area contributed by atoms with Crippen LogP contribution in [0.15, 0.2) is 18.2 Å². The zero-order valence-electron chi connectivity index (χ0n) is 15.8. The van der Waals surface area contributed by atoms with Gasteiger partial charge in [0.05, 0.1) is 6.04 Å². The zero-order chi connectivity index (χ0) is 18.0. The molecule has 0 radical (unpaired) electrons. The van der Waals surface area contributed by atoms with Crippen LogP contribution in [0.3, 0.4) is 0 Å². The summed E-state index contributed by atoms with van der Waals surface area (Å²) in [5, 5.41) is 13.9. The summed E-state index contributed by atoms with van der Waals surface area (Å²) in [5.41, 5.74) is 1.41. The number of phenols is 1. The zero-order valence-corrected chi connectivity index (χ0v) is 15.8. The van der Waals surface area contributed by atoms with E-state index >= 15 is 0 Å². The number of carbonyl (C=O) groups excluding carboxylic acids is 1. The van der Waals surface area contributed by atoms with Crippen molar-refractivity contribution in [3.8, 4) is 5.75 Å². The lowest BCUT2D eigenvalue weighted by atomic mass is 9.84. The quantitative estimate of drug-likeness (QED) is 0.895.